The molecule has 2 aromatic carbocycles. The van der Waals surface area contributed by atoms with Gasteiger partial charge in [-0.15, -0.1) is 0 Å². The number of carbonyl (C=O) groups excluding carboxylic acids is 1. The van der Waals surface area contributed by atoms with Crippen molar-refractivity contribution in [3.05, 3.63) is 58.7 Å². The largest absolute Gasteiger partial charge is 0.508 e. The summed E-state index contributed by atoms with van der Waals surface area (Å²) < 4.78 is 2.01. The van der Waals surface area contributed by atoms with E-state index in [1.165, 1.54) is 0 Å². The van der Waals surface area contributed by atoms with Crippen molar-refractivity contribution in [2.24, 2.45) is 0 Å². The number of phenolic OH excluding ortho intramolecular Hbond substituents is 1. The molecule has 3 aromatic rings. The summed E-state index contributed by atoms with van der Waals surface area (Å²) in [4.78, 5) is 14.7. The zero-order chi connectivity index (χ0) is 17.4. The molecule has 4 nitrogen and oxygen atoms in total. The Kier molecular flexibility index (Phi) is 4.24. The number of benzene rings is 2. The minimum absolute atomic E-state index is 0.0904. The summed E-state index contributed by atoms with van der Waals surface area (Å²) in [6.07, 6.45) is 0. The fourth-order valence-corrected chi connectivity index (χ4v) is 3.22. The first-order valence-electron chi connectivity index (χ1n) is 7.79. The molecule has 0 spiro atoms. The Balaban J connectivity index is 2.12. The van der Waals surface area contributed by atoms with Crippen LogP contribution in [0.1, 0.15) is 23.0 Å². The highest BCUT2D eigenvalue weighted by Crippen LogP contribution is 2.30. The van der Waals surface area contributed by atoms with Crippen LogP contribution in [-0.4, -0.2) is 22.6 Å². The van der Waals surface area contributed by atoms with Gasteiger partial charge < -0.3 is 14.6 Å². The third-order valence-electron chi connectivity index (χ3n) is 4.34. The fraction of sp³-hybridized carbons (Fsp3) is 0.211. The van der Waals surface area contributed by atoms with Crippen LogP contribution in [0.2, 0.25) is 5.02 Å². The van der Waals surface area contributed by atoms with Crippen LogP contribution in [0.4, 0.5) is 5.69 Å². The molecule has 0 bridgehead atoms. The first-order chi connectivity index (χ1) is 11.4. The van der Waals surface area contributed by atoms with Crippen LogP contribution in [-0.2, 0) is 6.54 Å². The second-order valence-corrected chi connectivity index (χ2v) is 6.20. The van der Waals surface area contributed by atoms with Crippen molar-refractivity contribution >= 4 is 34.1 Å². The van der Waals surface area contributed by atoms with Gasteiger partial charge in [0.25, 0.3) is 5.91 Å². The van der Waals surface area contributed by atoms with Gasteiger partial charge in [0.1, 0.15) is 11.4 Å². The van der Waals surface area contributed by atoms with Gasteiger partial charge in [-0.3, -0.25) is 4.79 Å². The first-order valence-corrected chi connectivity index (χ1v) is 8.17. The average Bonchev–Trinajstić information content (AvgIpc) is 2.86. The van der Waals surface area contributed by atoms with E-state index >= 15 is 0 Å². The highest BCUT2D eigenvalue weighted by Gasteiger charge is 2.23. The lowest BCUT2D eigenvalue weighted by molar-refractivity contribution is 0.0984. The van der Waals surface area contributed by atoms with Crippen molar-refractivity contribution in [3.63, 3.8) is 0 Å². The molecular weight excluding hydrogens is 324 g/mol. The molecule has 1 N–H and O–H groups in total. The van der Waals surface area contributed by atoms with Crippen molar-refractivity contribution in [1.29, 1.82) is 0 Å². The number of phenols is 1. The van der Waals surface area contributed by atoms with Crippen molar-refractivity contribution in [3.8, 4) is 5.75 Å². The molecule has 0 saturated carbocycles. The molecule has 0 aliphatic carbocycles. The smallest absolute Gasteiger partial charge is 0.274 e. The van der Waals surface area contributed by atoms with Crippen molar-refractivity contribution in [2.75, 3.05) is 11.9 Å². The summed E-state index contributed by atoms with van der Waals surface area (Å²) in [6, 6.07) is 12.3. The highest BCUT2D eigenvalue weighted by atomic mass is 35.5. The Labute approximate surface area is 145 Å². The molecule has 5 heteroatoms. The summed E-state index contributed by atoms with van der Waals surface area (Å²) in [7, 11) is 1.73. The van der Waals surface area contributed by atoms with Crippen molar-refractivity contribution in [1.82, 2.24) is 4.57 Å². The summed E-state index contributed by atoms with van der Waals surface area (Å²) >= 11 is 6.12. The molecule has 0 aliphatic rings. The monoisotopic (exact) mass is 342 g/mol. The number of nitrogens with zero attached hydrogens (tertiary/aromatic N) is 2. The maximum absolute atomic E-state index is 13.1. The third-order valence-corrected chi connectivity index (χ3v) is 4.57. The van der Waals surface area contributed by atoms with Gasteiger partial charge in [0.05, 0.1) is 0 Å². The van der Waals surface area contributed by atoms with E-state index in [0.29, 0.717) is 17.3 Å². The molecule has 124 valence electrons. The number of halogens is 1. The van der Waals surface area contributed by atoms with E-state index < -0.39 is 0 Å². The summed E-state index contributed by atoms with van der Waals surface area (Å²) in [6.45, 7) is 4.66. The van der Waals surface area contributed by atoms with Crippen molar-refractivity contribution < 1.29 is 9.90 Å². The molecule has 0 radical (unpaired) electrons. The minimum Gasteiger partial charge on any atom is -0.508 e. The molecule has 0 saturated heterocycles. The maximum Gasteiger partial charge on any atom is 0.274 e. The Morgan fingerprint density at radius 3 is 2.50 bits per heavy atom. The van der Waals surface area contributed by atoms with Crippen LogP contribution < -0.4 is 4.90 Å². The molecule has 3 rings (SSSR count). The zero-order valence-corrected chi connectivity index (χ0v) is 14.6. The van der Waals surface area contributed by atoms with Gasteiger partial charge in [-0.05, 0) is 61.9 Å². The number of aryl methyl sites for hydroxylation is 2. The molecule has 0 unspecified atom stereocenters. The van der Waals surface area contributed by atoms with E-state index in [0.717, 1.165) is 22.2 Å². The molecule has 1 amide bonds. The van der Waals surface area contributed by atoms with Gasteiger partial charge in [-0.2, -0.15) is 0 Å². The van der Waals surface area contributed by atoms with E-state index in [1.54, 1.807) is 36.2 Å². The van der Waals surface area contributed by atoms with E-state index in [9.17, 15) is 9.90 Å². The number of aromatic hydroxyl groups is 1. The average molecular weight is 343 g/mol. The molecule has 0 atom stereocenters. The lowest BCUT2D eigenvalue weighted by Gasteiger charge is -2.19. The number of aromatic nitrogens is 1. The first kappa shape index (κ1) is 16.4. The quantitative estimate of drug-likeness (QED) is 0.755. The van der Waals surface area contributed by atoms with E-state index in [-0.39, 0.29) is 11.7 Å². The van der Waals surface area contributed by atoms with Crippen LogP contribution in [0.3, 0.4) is 0 Å². The van der Waals surface area contributed by atoms with Gasteiger partial charge in [0, 0.05) is 35.2 Å². The maximum atomic E-state index is 13.1. The van der Waals surface area contributed by atoms with Gasteiger partial charge in [-0.1, -0.05) is 11.6 Å². The van der Waals surface area contributed by atoms with Crippen molar-refractivity contribution in [2.45, 2.75) is 20.4 Å². The lowest BCUT2D eigenvalue weighted by atomic mass is 10.1. The molecule has 1 aromatic heterocycles. The van der Waals surface area contributed by atoms with Crippen LogP contribution in [0.15, 0.2) is 42.5 Å². The van der Waals surface area contributed by atoms with Gasteiger partial charge in [-0.25, -0.2) is 0 Å². The Morgan fingerprint density at radius 2 is 1.88 bits per heavy atom. The topological polar surface area (TPSA) is 45.5 Å². The fourth-order valence-electron chi connectivity index (χ4n) is 3.05. The molecule has 0 aliphatic heterocycles. The molecule has 1 heterocycles. The SMILES string of the molecule is CCn1c(C(=O)N(C)c2ccc(O)cc2)c(C)c2cc(Cl)ccc21. The van der Waals surface area contributed by atoms with Gasteiger partial charge >= 0.3 is 0 Å². The van der Waals surface area contributed by atoms with E-state index in [4.69, 9.17) is 11.6 Å². The van der Waals surface area contributed by atoms with Gasteiger partial charge in [0.15, 0.2) is 0 Å². The number of anilines is 1. The predicted molar refractivity (Wildman–Crippen MR) is 98.2 cm³/mol. The van der Waals surface area contributed by atoms with Crippen LogP contribution in [0, 0.1) is 6.92 Å². The standard InChI is InChI=1S/C19H19ClN2O2/c1-4-22-17-10-5-13(20)11-16(17)12(2)18(22)19(24)21(3)14-6-8-15(23)9-7-14/h5-11,23H,4H2,1-3H3. The lowest BCUT2D eigenvalue weighted by Crippen LogP contribution is -2.29. The highest BCUT2D eigenvalue weighted by molar-refractivity contribution is 6.31. The number of fused-ring (bicyclic) bond motifs is 1. The minimum atomic E-state index is -0.0904. The molecule has 24 heavy (non-hydrogen) atoms. The Bertz CT molecular complexity index is 913. The second-order valence-electron chi connectivity index (χ2n) is 5.76. The van der Waals surface area contributed by atoms with E-state index in [1.807, 2.05) is 36.6 Å². The number of amides is 1. The zero-order valence-electron chi connectivity index (χ0n) is 13.9. The predicted octanol–water partition coefficient (Wildman–Crippen LogP) is 4.61. The molecule has 0 fully saturated rings. The Morgan fingerprint density at radius 1 is 1.21 bits per heavy atom. The van der Waals surface area contributed by atoms with Crippen LogP contribution >= 0.6 is 11.6 Å². The number of rotatable bonds is 3. The van der Waals surface area contributed by atoms with Gasteiger partial charge in [0.2, 0.25) is 0 Å². The number of hydrogen-bond donors (Lipinski definition) is 1. The summed E-state index contributed by atoms with van der Waals surface area (Å²) in [5.41, 5.74) is 3.31. The second kappa shape index (κ2) is 6.21. The number of carbonyl (C=O) groups is 1. The third kappa shape index (κ3) is 2.63. The summed E-state index contributed by atoms with van der Waals surface area (Å²) in [5.74, 6) is 0.0838. The Hall–Kier alpha value is -2.46. The normalized spacial score (nSPS) is 11.0. The van der Waals surface area contributed by atoms with Crippen LogP contribution in [0.25, 0.3) is 10.9 Å². The molecular formula is C19H19ClN2O2. The van der Waals surface area contributed by atoms with Crippen LogP contribution in [0.5, 0.6) is 5.75 Å². The summed E-state index contributed by atoms with van der Waals surface area (Å²) in [5, 5.41) is 11.1. The van der Waals surface area contributed by atoms with E-state index in [2.05, 4.69) is 0 Å². The number of hydrogen-bond acceptors (Lipinski definition) is 2.